The highest BCUT2D eigenvalue weighted by Crippen LogP contribution is 2.43. The molecule has 0 aliphatic heterocycles. The molecular weight excluding hydrogens is 184 g/mol. The first-order chi connectivity index (χ1) is 6.85. The van der Waals surface area contributed by atoms with E-state index in [1.165, 1.54) is 5.57 Å². The summed E-state index contributed by atoms with van der Waals surface area (Å²) in [5.74, 6) is 0.848. The highest BCUT2D eigenvalue weighted by molar-refractivity contribution is 5.22. The Bertz CT molecular complexity index is 271. The zero-order valence-corrected chi connectivity index (χ0v) is 10.6. The lowest BCUT2D eigenvalue weighted by molar-refractivity contribution is 0.156. The summed E-state index contributed by atoms with van der Waals surface area (Å²) in [6.07, 6.45) is 7.66. The van der Waals surface area contributed by atoms with Crippen LogP contribution in [0.1, 0.15) is 41.0 Å². The molecular formula is C14H24O. The van der Waals surface area contributed by atoms with Crippen molar-refractivity contribution < 1.29 is 5.11 Å². The third-order valence-corrected chi connectivity index (χ3v) is 4.03. The Labute approximate surface area is 93.9 Å². The molecule has 1 nitrogen and oxygen atoms in total. The van der Waals surface area contributed by atoms with Gasteiger partial charge in [-0.05, 0) is 37.5 Å². The number of hydrogen-bond donors (Lipinski definition) is 1. The number of rotatable bonds is 3. The molecule has 0 aromatic carbocycles. The number of allylic oxidation sites excluding steroid dienone is 3. The van der Waals surface area contributed by atoms with Gasteiger partial charge in [0.15, 0.2) is 0 Å². The molecule has 0 heterocycles. The molecule has 1 N–H and O–H groups in total. The minimum absolute atomic E-state index is 0.250. The minimum atomic E-state index is -0.250. The van der Waals surface area contributed by atoms with E-state index in [1.54, 1.807) is 0 Å². The summed E-state index contributed by atoms with van der Waals surface area (Å²) in [6, 6.07) is 0. The molecule has 0 unspecified atom stereocenters. The first-order valence-corrected chi connectivity index (χ1v) is 5.89. The van der Waals surface area contributed by atoms with Gasteiger partial charge in [-0.25, -0.2) is 0 Å². The Hall–Kier alpha value is -0.560. The largest absolute Gasteiger partial charge is 0.393 e. The van der Waals surface area contributed by atoms with Crippen molar-refractivity contribution in [3.8, 4) is 0 Å². The van der Waals surface area contributed by atoms with Crippen LogP contribution in [0.5, 0.6) is 0 Å². The van der Waals surface area contributed by atoms with Crippen LogP contribution in [0.2, 0.25) is 0 Å². The van der Waals surface area contributed by atoms with Crippen LogP contribution >= 0.6 is 0 Å². The van der Waals surface area contributed by atoms with Crippen molar-refractivity contribution in [2.75, 3.05) is 0 Å². The van der Waals surface area contributed by atoms with E-state index in [1.807, 2.05) is 6.92 Å². The average molecular weight is 208 g/mol. The van der Waals surface area contributed by atoms with Gasteiger partial charge in [0, 0.05) is 0 Å². The monoisotopic (exact) mass is 208 g/mol. The lowest BCUT2D eigenvalue weighted by Crippen LogP contribution is -2.19. The normalized spacial score (nSPS) is 29.2. The van der Waals surface area contributed by atoms with Crippen molar-refractivity contribution in [1.29, 1.82) is 0 Å². The Morgan fingerprint density at radius 3 is 2.47 bits per heavy atom. The van der Waals surface area contributed by atoms with Gasteiger partial charge in [-0.15, -0.1) is 0 Å². The zero-order valence-electron chi connectivity index (χ0n) is 10.6. The molecule has 1 heteroatoms. The summed E-state index contributed by atoms with van der Waals surface area (Å²) >= 11 is 0. The molecule has 1 rings (SSSR count). The Morgan fingerprint density at radius 2 is 2.07 bits per heavy atom. The van der Waals surface area contributed by atoms with Gasteiger partial charge < -0.3 is 5.11 Å². The predicted molar refractivity (Wildman–Crippen MR) is 65.6 cm³/mol. The molecule has 0 saturated heterocycles. The van der Waals surface area contributed by atoms with Crippen LogP contribution in [0, 0.1) is 17.3 Å². The summed E-state index contributed by atoms with van der Waals surface area (Å²) in [5.41, 5.74) is 1.77. The number of hydrogen-bond acceptors (Lipinski definition) is 1. The molecule has 3 atom stereocenters. The maximum absolute atomic E-state index is 9.41. The average Bonchev–Trinajstić information content (AvgIpc) is 2.39. The highest BCUT2D eigenvalue weighted by atomic mass is 16.3. The van der Waals surface area contributed by atoms with E-state index >= 15 is 0 Å². The van der Waals surface area contributed by atoms with Gasteiger partial charge >= 0.3 is 0 Å². The first-order valence-electron chi connectivity index (χ1n) is 5.89. The molecule has 15 heavy (non-hydrogen) atoms. The maximum Gasteiger partial charge on any atom is 0.0572 e. The smallest absolute Gasteiger partial charge is 0.0572 e. The lowest BCUT2D eigenvalue weighted by atomic mass is 9.77. The summed E-state index contributed by atoms with van der Waals surface area (Å²) in [6.45, 7) is 10.7. The van der Waals surface area contributed by atoms with Crippen molar-refractivity contribution >= 4 is 0 Å². The highest BCUT2D eigenvalue weighted by Gasteiger charge is 2.32. The number of aliphatic hydroxyl groups is 1. The van der Waals surface area contributed by atoms with E-state index in [9.17, 15) is 5.11 Å². The fraction of sp³-hybridized carbons (Fsp3) is 0.714. The van der Waals surface area contributed by atoms with Crippen LogP contribution in [0.25, 0.3) is 0 Å². The fourth-order valence-electron chi connectivity index (χ4n) is 1.94. The molecule has 0 saturated carbocycles. The van der Waals surface area contributed by atoms with Gasteiger partial charge in [-0.3, -0.25) is 0 Å². The van der Waals surface area contributed by atoms with Crippen molar-refractivity contribution in [2.45, 2.75) is 47.1 Å². The Morgan fingerprint density at radius 1 is 1.47 bits per heavy atom. The zero-order chi connectivity index (χ0) is 11.6. The lowest BCUT2D eigenvalue weighted by Gasteiger charge is -2.27. The molecule has 0 radical (unpaired) electrons. The molecule has 0 aromatic heterocycles. The van der Waals surface area contributed by atoms with E-state index in [0.29, 0.717) is 5.92 Å². The Balaban J connectivity index is 2.62. The third-order valence-electron chi connectivity index (χ3n) is 4.03. The van der Waals surface area contributed by atoms with Crippen molar-refractivity contribution in [1.82, 2.24) is 0 Å². The van der Waals surface area contributed by atoms with Crippen LogP contribution in [-0.4, -0.2) is 11.2 Å². The fourth-order valence-corrected chi connectivity index (χ4v) is 1.94. The van der Waals surface area contributed by atoms with Crippen LogP contribution in [0.15, 0.2) is 23.8 Å². The maximum atomic E-state index is 9.41. The predicted octanol–water partition coefficient (Wildman–Crippen LogP) is 3.55. The molecule has 1 aliphatic rings. The van der Waals surface area contributed by atoms with E-state index in [4.69, 9.17) is 0 Å². The van der Waals surface area contributed by atoms with Crippen LogP contribution in [-0.2, 0) is 0 Å². The molecule has 0 fully saturated rings. The molecule has 0 amide bonds. The molecule has 1 aliphatic carbocycles. The number of aliphatic hydroxyl groups excluding tert-OH is 1. The summed E-state index contributed by atoms with van der Waals surface area (Å²) < 4.78 is 0. The third kappa shape index (κ3) is 2.72. The second kappa shape index (κ2) is 4.52. The van der Waals surface area contributed by atoms with Gasteiger partial charge in [0.05, 0.1) is 6.10 Å². The van der Waals surface area contributed by atoms with Crippen LogP contribution in [0.3, 0.4) is 0 Å². The van der Waals surface area contributed by atoms with Crippen LogP contribution < -0.4 is 0 Å². The van der Waals surface area contributed by atoms with E-state index < -0.39 is 0 Å². The molecule has 0 spiro atoms. The molecule has 0 bridgehead atoms. The SMILES string of the molecule is CC1=CC[C@H](C=C[C@H](C)[C@@H](C)O)C1(C)C. The van der Waals surface area contributed by atoms with Crippen LogP contribution in [0.4, 0.5) is 0 Å². The van der Waals surface area contributed by atoms with Crippen molar-refractivity contribution in [2.24, 2.45) is 17.3 Å². The quantitative estimate of drug-likeness (QED) is 0.703. The summed E-state index contributed by atoms with van der Waals surface area (Å²) in [4.78, 5) is 0. The van der Waals surface area contributed by atoms with Gasteiger partial charge in [0.2, 0.25) is 0 Å². The topological polar surface area (TPSA) is 20.2 Å². The minimum Gasteiger partial charge on any atom is -0.393 e. The van der Waals surface area contributed by atoms with Gasteiger partial charge in [-0.2, -0.15) is 0 Å². The van der Waals surface area contributed by atoms with Gasteiger partial charge in [0.1, 0.15) is 0 Å². The Kier molecular flexibility index (Phi) is 3.77. The van der Waals surface area contributed by atoms with E-state index in [-0.39, 0.29) is 17.4 Å². The van der Waals surface area contributed by atoms with Crippen molar-refractivity contribution in [3.63, 3.8) is 0 Å². The first kappa shape index (κ1) is 12.5. The van der Waals surface area contributed by atoms with Gasteiger partial charge in [0.25, 0.3) is 0 Å². The second-order valence-corrected chi connectivity index (χ2v) is 5.44. The second-order valence-electron chi connectivity index (χ2n) is 5.44. The van der Waals surface area contributed by atoms with E-state index in [0.717, 1.165) is 6.42 Å². The standard InChI is InChI=1S/C14H24O/c1-10(12(3)15)6-8-13-9-7-11(2)14(13,4)5/h6-8,10,12-13,15H,9H2,1-5H3/t10-,12+,13-/m0/s1. The molecule has 0 aromatic rings. The summed E-state index contributed by atoms with van der Waals surface area (Å²) in [7, 11) is 0. The molecule has 86 valence electrons. The summed E-state index contributed by atoms with van der Waals surface area (Å²) in [5, 5.41) is 9.41. The van der Waals surface area contributed by atoms with Crippen molar-refractivity contribution in [3.05, 3.63) is 23.8 Å². The van der Waals surface area contributed by atoms with Gasteiger partial charge in [-0.1, -0.05) is 44.6 Å². The van der Waals surface area contributed by atoms with E-state index in [2.05, 4.69) is 45.9 Å².